The molecule has 2 rings (SSSR count). The summed E-state index contributed by atoms with van der Waals surface area (Å²) in [5.74, 6) is 2.68. The average Bonchev–Trinajstić information content (AvgIpc) is 2.94. The van der Waals surface area contributed by atoms with E-state index < -0.39 is 0 Å². The smallest absolute Gasteiger partial charge is 0.185 e. The van der Waals surface area contributed by atoms with Gasteiger partial charge in [-0.05, 0) is 73.1 Å². The zero-order valence-electron chi connectivity index (χ0n) is 24.1. The Hall–Kier alpha value is -2.20. The van der Waals surface area contributed by atoms with Gasteiger partial charge in [0.05, 0.1) is 13.2 Å². The number of thioether (sulfide) groups is 1. The number of hydrogen-bond acceptors (Lipinski definition) is 4. The number of carbonyl (C=O) groups excluding carboxylic acids is 1. The molecule has 0 aliphatic rings. The molecule has 3 nitrogen and oxygen atoms in total. The molecule has 0 atom stereocenters. The van der Waals surface area contributed by atoms with E-state index in [1.807, 2.05) is 60.3 Å². The van der Waals surface area contributed by atoms with Gasteiger partial charge >= 0.3 is 0 Å². The van der Waals surface area contributed by atoms with E-state index in [0.29, 0.717) is 18.8 Å². The summed E-state index contributed by atoms with van der Waals surface area (Å²) in [4.78, 5) is 13.9. The van der Waals surface area contributed by atoms with Crippen molar-refractivity contribution in [2.24, 2.45) is 0 Å². The molecule has 0 N–H and O–H groups in total. The summed E-state index contributed by atoms with van der Waals surface area (Å²) in [6.45, 7) is 8.06. The van der Waals surface area contributed by atoms with Gasteiger partial charge in [0.2, 0.25) is 0 Å². The van der Waals surface area contributed by atoms with E-state index >= 15 is 0 Å². The highest BCUT2D eigenvalue weighted by Crippen LogP contribution is 2.30. The number of ketones is 1. The fourth-order valence-electron chi connectivity index (χ4n) is 4.19. The summed E-state index contributed by atoms with van der Waals surface area (Å²) >= 11 is 1.82. The third-order valence-corrected chi connectivity index (χ3v) is 7.74. The van der Waals surface area contributed by atoms with Gasteiger partial charge in [0.1, 0.15) is 0 Å². The van der Waals surface area contributed by atoms with E-state index in [1.54, 1.807) is 6.08 Å². The van der Waals surface area contributed by atoms with Gasteiger partial charge < -0.3 is 9.47 Å². The van der Waals surface area contributed by atoms with E-state index in [0.717, 1.165) is 42.1 Å². The van der Waals surface area contributed by atoms with Crippen LogP contribution in [0.25, 0.3) is 6.08 Å². The van der Waals surface area contributed by atoms with E-state index in [1.165, 1.54) is 69.1 Å². The highest BCUT2D eigenvalue weighted by atomic mass is 32.2. The van der Waals surface area contributed by atoms with Crippen LogP contribution in [0.15, 0.2) is 53.4 Å². The maximum atomic E-state index is 12.7. The summed E-state index contributed by atoms with van der Waals surface area (Å²) in [7, 11) is 0. The summed E-state index contributed by atoms with van der Waals surface area (Å²) < 4.78 is 12.3. The average molecular weight is 539 g/mol. The van der Waals surface area contributed by atoms with Crippen molar-refractivity contribution >= 4 is 23.6 Å². The molecule has 0 aliphatic carbocycles. The summed E-state index contributed by atoms with van der Waals surface area (Å²) in [5, 5.41) is 0. The van der Waals surface area contributed by atoms with Crippen LogP contribution in [0.3, 0.4) is 0 Å². The van der Waals surface area contributed by atoms with Gasteiger partial charge in [-0.3, -0.25) is 4.79 Å². The Balaban J connectivity index is 1.96. The van der Waals surface area contributed by atoms with Gasteiger partial charge in [-0.15, -0.1) is 11.8 Å². The van der Waals surface area contributed by atoms with Crippen LogP contribution < -0.4 is 9.47 Å². The lowest BCUT2D eigenvalue weighted by molar-refractivity contribution is 0.104. The minimum Gasteiger partial charge on any atom is -0.490 e. The number of ether oxygens (including phenoxy) is 2. The second kappa shape index (κ2) is 20.7. The number of rotatable bonds is 22. The highest BCUT2D eigenvalue weighted by molar-refractivity contribution is 7.99. The number of hydrogen-bond donors (Lipinski definition) is 0. The highest BCUT2D eigenvalue weighted by Gasteiger charge is 2.08. The minimum absolute atomic E-state index is 0.00925. The lowest BCUT2D eigenvalue weighted by Gasteiger charge is -2.14. The number of allylic oxidation sites excluding steroid dienone is 1. The second-order valence-corrected chi connectivity index (χ2v) is 11.2. The number of unbranched alkanes of at least 4 members (excludes halogenated alkanes) is 10. The molecule has 0 unspecified atom stereocenters. The predicted octanol–water partition coefficient (Wildman–Crippen LogP) is 10.6. The Morgan fingerprint density at radius 3 is 1.87 bits per heavy atom. The molecule has 0 bridgehead atoms. The van der Waals surface area contributed by atoms with Gasteiger partial charge in [0, 0.05) is 10.5 Å². The van der Waals surface area contributed by atoms with Crippen LogP contribution in [-0.2, 0) is 0 Å². The summed E-state index contributed by atoms with van der Waals surface area (Å²) in [5.41, 5.74) is 1.65. The first kappa shape index (κ1) is 32.0. The molecular formula is C34H50O3S. The molecule has 38 heavy (non-hydrogen) atoms. The molecule has 0 amide bonds. The topological polar surface area (TPSA) is 35.5 Å². The molecule has 0 fully saturated rings. The lowest BCUT2D eigenvalue weighted by Crippen LogP contribution is -2.03. The molecule has 0 radical (unpaired) electrons. The Morgan fingerprint density at radius 1 is 0.684 bits per heavy atom. The molecular weight excluding hydrogens is 488 g/mol. The van der Waals surface area contributed by atoms with Crippen molar-refractivity contribution in [3.05, 3.63) is 59.7 Å². The largest absolute Gasteiger partial charge is 0.490 e. The first-order chi connectivity index (χ1) is 18.7. The zero-order valence-corrected chi connectivity index (χ0v) is 25.0. The minimum atomic E-state index is 0.00925. The quantitative estimate of drug-likeness (QED) is 0.0646. The van der Waals surface area contributed by atoms with Crippen LogP contribution in [-0.4, -0.2) is 24.7 Å². The Morgan fingerprint density at radius 2 is 1.26 bits per heavy atom. The molecule has 0 aliphatic heterocycles. The molecule has 0 aromatic heterocycles. The maximum Gasteiger partial charge on any atom is 0.185 e. The van der Waals surface area contributed by atoms with Crippen LogP contribution in [0.5, 0.6) is 11.5 Å². The van der Waals surface area contributed by atoms with Crippen LogP contribution in [0, 0.1) is 0 Å². The van der Waals surface area contributed by atoms with Gasteiger partial charge in [-0.1, -0.05) is 97.1 Å². The predicted molar refractivity (Wildman–Crippen MR) is 165 cm³/mol. The molecule has 4 heteroatoms. The van der Waals surface area contributed by atoms with Crippen LogP contribution in [0.4, 0.5) is 0 Å². The maximum absolute atomic E-state index is 12.7. The van der Waals surface area contributed by atoms with Crippen molar-refractivity contribution in [2.45, 2.75) is 109 Å². The van der Waals surface area contributed by atoms with E-state index in [9.17, 15) is 4.79 Å². The van der Waals surface area contributed by atoms with Gasteiger partial charge in [0.15, 0.2) is 17.3 Å². The van der Waals surface area contributed by atoms with Crippen molar-refractivity contribution in [1.82, 2.24) is 0 Å². The first-order valence-electron chi connectivity index (χ1n) is 15.0. The molecule has 0 saturated carbocycles. The lowest BCUT2D eigenvalue weighted by atomic mass is 10.1. The number of benzene rings is 2. The fraction of sp³-hybridized carbons (Fsp3) is 0.559. The van der Waals surface area contributed by atoms with Crippen molar-refractivity contribution < 1.29 is 14.3 Å². The third kappa shape index (κ3) is 13.6. The van der Waals surface area contributed by atoms with Gasteiger partial charge in [-0.25, -0.2) is 0 Å². The van der Waals surface area contributed by atoms with Crippen molar-refractivity contribution in [3.8, 4) is 11.5 Å². The molecule has 0 heterocycles. The van der Waals surface area contributed by atoms with Gasteiger partial charge in [0.25, 0.3) is 0 Å². The van der Waals surface area contributed by atoms with Crippen molar-refractivity contribution in [2.75, 3.05) is 19.0 Å². The Bertz CT molecular complexity index is 920. The molecule has 210 valence electrons. The van der Waals surface area contributed by atoms with Crippen molar-refractivity contribution in [1.29, 1.82) is 0 Å². The molecule has 2 aromatic rings. The standard InChI is InChI=1S/C34H50O3S/c1-4-7-9-11-13-15-25-36-33-24-18-29(28-34(33)37-26-16-14-12-10-8-5-2)17-23-32(35)30-19-21-31(22-20-30)38-27-6-3/h17-24,28H,4-16,25-27H2,1-3H3. The third-order valence-electron chi connectivity index (χ3n) is 6.52. The Labute approximate surface area is 236 Å². The molecule has 0 spiro atoms. The monoisotopic (exact) mass is 538 g/mol. The SMILES string of the molecule is CCCCCCCCOc1ccc(C=CC(=O)c2ccc(SCCC)cc2)cc1OCCCCCCCC. The van der Waals surface area contributed by atoms with Crippen LogP contribution in [0.2, 0.25) is 0 Å². The van der Waals surface area contributed by atoms with E-state index in [-0.39, 0.29) is 5.78 Å². The molecule has 2 aromatic carbocycles. The molecule has 0 saturated heterocycles. The van der Waals surface area contributed by atoms with Crippen LogP contribution >= 0.6 is 11.8 Å². The van der Waals surface area contributed by atoms with Gasteiger partial charge in [-0.2, -0.15) is 0 Å². The first-order valence-corrected chi connectivity index (χ1v) is 16.0. The normalized spacial score (nSPS) is 11.2. The van der Waals surface area contributed by atoms with Crippen molar-refractivity contribution in [3.63, 3.8) is 0 Å². The summed E-state index contributed by atoms with van der Waals surface area (Å²) in [6, 6.07) is 13.9. The van der Waals surface area contributed by atoms with E-state index in [2.05, 4.69) is 20.8 Å². The zero-order chi connectivity index (χ0) is 27.3. The number of carbonyl (C=O) groups is 1. The van der Waals surface area contributed by atoms with E-state index in [4.69, 9.17) is 9.47 Å². The summed E-state index contributed by atoms with van der Waals surface area (Å²) in [6.07, 6.45) is 19.5. The second-order valence-electron chi connectivity index (χ2n) is 10.0. The fourth-order valence-corrected chi connectivity index (χ4v) is 4.96. The van der Waals surface area contributed by atoms with Crippen LogP contribution in [0.1, 0.15) is 120 Å². The Kier molecular flexibility index (Phi) is 17.5.